The maximum absolute atomic E-state index is 13.0. The molecule has 7 heteroatoms. The van der Waals surface area contributed by atoms with Crippen LogP contribution in [-0.4, -0.2) is 20.6 Å². The lowest BCUT2D eigenvalue weighted by molar-refractivity contribution is -0.123. The van der Waals surface area contributed by atoms with Gasteiger partial charge < -0.3 is 4.57 Å². The first kappa shape index (κ1) is 21.4. The van der Waals surface area contributed by atoms with Crippen molar-refractivity contribution >= 4 is 51.6 Å². The van der Waals surface area contributed by atoms with E-state index in [9.17, 15) is 14.9 Å². The zero-order chi connectivity index (χ0) is 22.1. The standard InChI is InChI=1S/C24H18IN3O2S/c1-15-10-19(16(2)28(15)21-9-5-8-20(25)12-21)11-22-23(29)27(24(30)31-22)14-18-7-4-3-6-17(18)13-26/h3-12H,14H2,1-2H3/b22-11+. The van der Waals surface area contributed by atoms with Crippen LogP contribution in [0.3, 0.4) is 0 Å². The van der Waals surface area contributed by atoms with Gasteiger partial charge in [-0.1, -0.05) is 24.3 Å². The van der Waals surface area contributed by atoms with Gasteiger partial charge in [0.25, 0.3) is 11.1 Å². The SMILES string of the molecule is Cc1cc(/C=C2/SC(=O)N(Cc3ccccc3C#N)C2=O)c(C)n1-c1cccc(I)c1. The van der Waals surface area contributed by atoms with Crippen LogP contribution in [0.5, 0.6) is 0 Å². The largest absolute Gasteiger partial charge is 0.318 e. The summed E-state index contributed by atoms with van der Waals surface area (Å²) >= 11 is 3.22. The van der Waals surface area contributed by atoms with Gasteiger partial charge in [-0.3, -0.25) is 14.5 Å². The Hall–Kier alpha value is -2.83. The molecular formula is C24H18IN3O2S. The fraction of sp³-hybridized carbons (Fsp3) is 0.125. The summed E-state index contributed by atoms with van der Waals surface area (Å²) in [5.74, 6) is -0.332. The van der Waals surface area contributed by atoms with E-state index >= 15 is 0 Å². The predicted molar refractivity (Wildman–Crippen MR) is 131 cm³/mol. The molecule has 0 N–H and O–H groups in total. The van der Waals surface area contributed by atoms with Crippen LogP contribution in [0.1, 0.15) is 28.1 Å². The van der Waals surface area contributed by atoms with E-state index in [2.05, 4.69) is 39.3 Å². The average Bonchev–Trinajstić information content (AvgIpc) is 3.17. The molecule has 3 aromatic rings. The van der Waals surface area contributed by atoms with Crippen molar-refractivity contribution in [3.05, 3.63) is 91.2 Å². The lowest BCUT2D eigenvalue weighted by Gasteiger charge is -2.13. The number of aromatic nitrogens is 1. The maximum Gasteiger partial charge on any atom is 0.293 e. The molecule has 0 aliphatic carbocycles. The van der Waals surface area contributed by atoms with E-state index in [-0.39, 0.29) is 17.7 Å². The number of hydrogen-bond donors (Lipinski definition) is 0. The number of rotatable bonds is 4. The number of amides is 2. The molecule has 0 atom stereocenters. The maximum atomic E-state index is 13.0. The molecule has 0 spiro atoms. The second kappa shape index (κ2) is 8.73. The Balaban J connectivity index is 1.65. The van der Waals surface area contributed by atoms with Crippen molar-refractivity contribution in [3.8, 4) is 11.8 Å². The van der Waals surface area contributed by atoms with Gasteiger partial charge in [0.15, 0.2) is 0 Å². The second-order valence-electron chi connectivity index (χ2n) is 7.18. The zero-order valence-electron chi connectivity index (χ0n) is 16.9. The third-order valence-corrected chi connectivity index (χ3v) is 6.74. The third-order valence-electron chi connectivity index (χ3n) is 5.16. The van der Waals surface area contributed by atoms with E-state index < -0.39 is 0 Å². The van der Waals surface area contributed by atoms with Gasteiger partial charge in [-0.15, -0.1) is 0 Å². The Morgan fingerprint density at radius 1 is 1.10 bits per heavy atom. The Kier molecular flexibility index (Phi) is 6.03. The number of halogens is 1. The molecule has 5 nitrogen and oxygen atoms in total. The smallest absolute Gasteiger partial charge is 0.293 e. The van der Waals surface area contributed by atoms with Gasteiger partial charge in [-0.2, -0.15) is 5.26 Å². The summed E-state index contributed by atoms with van der Waals surface area (Å²) in [6.07, 6.45) is 1.79. The normalized spacial score (nSPS) is 15.0. The van der Waals surface area contributed by atoms with Crippen molar-refractivity contribution in [3.63, 3.8) is 0 Å². The summed E-state index contributed by atoms with van der Waals surface area (Å²) in [5.41, 5.74) is 5.13. The van der Waals surface area contributed by atoms with Gasteiger partial charge >= 0.3 is 0 Å². The van der Waals surface area contributed by atoms with Crippen LogP contribution in [0.15, 0.2) is 59.5 Å². The van der Waals surface area contributed by atoms with Crippen LogP contribution in [0.4, 0.5) is 4.79 Å². The molecule has 0 bridgehead atoms. The predicted octanol–water partition coefficient (Wildman–Crippen LogP) is 5.81. The van der Waals surface area contributed by atoms with Crippen molar-refractivity contribution < 1.29 is 9.59 Å². The summed E-state index contributed by atoms with van der Waals surface area (Å²) in [6, 6.07) is 19.3. The highest BCUT2D eigenvalue weighted by Crippen LogP contribution is 2.35. The van der Waals surface area contributed by atoms with Crippen molar-refractivity contribution in [1.82, 2.24) is 9.47 Å². The number of benzene rings is 2. The van der Waals surface area contributed by atoms with Gasteiger partial charge in [0.1, 0.15) is 0 Å². The Morgan fingerprint density at radius 2 is 1.87 bits per heavy atom. The average molecular weight is 539 g/mol. The molecule has 1 aliphatic rings. The molecule has 1 aromatic heterocycles. The van der Waals surface area contributed by atoms with Crippen molar-refractivity contribution in [1.29, 1.82) is 5.26 Å². The van der Waals surface area contributed by atoms with Gasteiger partial charge in [-0.05, 0) is 95.7 Å². The molecule has 31 heavy (non-hydrogen) atoms. The van der Waals surface area contributed by atoms with Crippen LogP contribution >= 0.6 is 34.4 Å². The summed E-state index contributed by atoms with van der Waals surface area (Å²) in [7, 11) is 0. The van der Waals surface area contributed by atoms with Crippen LogP contribution in [0.2, 0.25) is 0 Å². The first-order valence-electron chi connectivity index (χ1n) is 9.57. The van der Waals surface area contributed by atoms with Gasteiger partial charge in [-0.25, -0.2) is 0 Å². The Morgan fingerprint density at radius 3 is 2.61 bits per heavy atom. The number of nitrogens with zero attached hydrogens (tertiary/aromatic N) is 3. The summed E-state index contributed by atoms with van der Waals surface area (Å²) in [4.78, 5) is 27.1. The quantitative estimate of drug-likeness (QED) is 0.310. The molecule has 2 aromatic carbocycles. The van der Waals surface area contributed by atoms with E-state index in [0.29, 0.717) is 16.0 Å². The monoisotopic (exact) mass is 539 g/mol. The Labute approximate surface area is 198 Å². The second-order valence-corrected chi connectivity index (χ2v) is 9.42. The molecule has 0 saturated carbocycles. The minimum Gasteiger partial charge on any atom is -0.318 e. The molecule has 1 aliphatic heterocycles. The van der Waals surface area contributed by atoms with E-state index in [1.54, 1.807) is 30.3 Å². The number of thioether (sulfide) groups is 1. The van der Waals surface area contributed by atoms with Crippen molar-refractivity contribution in [2.24, 2.45) is 0 Å². The van der Waals surface area contributed by atoms with E-state index in [1.807, 2.05) is 38.1 Å². The first-order valence-corrected chi connectivity index (χ1v) is 11.5. The van der Waals surface area contributed by atoms with E-state index in [0.717, 1.165) is 38.0 Å². The molecule has 0 radical (unpaired) electrons. The first-order chi connectivity index (χ1) is 14.9. The number of carbonyl (C=O) groups excluding carboxylic acids is 2. The van der Waals surface area contributed by atoms with Gasteiger partial charge in [0, 0.05) is 20.6 Å². The molecule has 2 amide bonds. The molecular weight excluding hydrogens is 521 g/mol. The van der Waals surface area contributed by atoms with Crippen molar-refractivity contribution in [2.75, 3.05) is 0 Å². The minimum absolute atomic E-state index is 0.0905. The molecule has 1 saturated heterocycles. The highest BCUT2D eigenvalue weighted by atomic mass is 127. The summed E-state index contributed by atoms with van der Waals surface area (Å²) in [5, 5.41) is 8.96. The summed E-state index contributed by atoms with van der Waals surface area (Å²) in [6.45, 7) is 4.12. The number of nitriles is 1. The van der Waals surface area contributed by atoms with Gasteiger partial charge in [0.2, 0.25) is 0 Å². The van der Waals surface area contributed by atoms with Crippen LogP contribution < -0.4 is 0 Å². The van der Waals surface area contributed by atoms with Crippen molar-refractivity contribution in [2.45, 2.75) is 20.4 Å². The lowest BCUT2D eigenvalue weighted by Crippen LogP contribution is -2.27. The highest BCUT2D eigenvalue weighted by molar-refractivity contribution is 14.1. The van der Waals surface area contributed by atoms with Crippen LogP contribution in [0.25, 0.3) is 11.8 Å². The fourth-order valence-corrected chi connectivity index (χ4v) is 5.02. The Bertz CT molecular complexity index is 1290. The lowest BCUT2D eigenvalue weighted by atomic mass is 10.1. The number of hydrogen-bond acceptors (Lipinski definition) is 4. The topological polar surface area (TPSA) is 66.1 Å². The molecule has 154 valence electrons. The number of aryl methyl sites for hydroxylation is 1. The molecule has 4 rings (SSSR count). The van der Waals surface area contributed by atoms with E-state index in [4.69, 9.17) is 0 Å². The van der Waals surface area contributed by atoms with Crippen LogP contribution in [-0.2, 0) is 11.3 Å². The van der Waals surface area contributed by atoms with Gasteiger partial charge in [0.05, 0.1) is 23.1 Å². The minimum atomic E-state index is -0.332. The van der Waals surface area contributed by atoms with E-state index in [1.165, 1.54) is 4.90 Å². The third kappa shape index (κ3) is 4.18. The highest BCUT2D eigenvalue weighted by Gasteiger charge is 2.35. The zero-order valence-corrected chi connectivity index (χ0v) is 19.9. The number of imide groups is 1. The number of carbonyl (C=O) groups is 2. The summed E-state index contributed by atoms with van der Waals surface area (Å²) < 4.78 is 3.28. The van der Waals surface area contributed by atoms with Crippen LogP contribution in [0, 0.1) is 28.7 Å². The fourth-order valence-electron chi connectivity index (χ4n) is 3.66. The molecule has 2 heterocycles. The molecule has 1 fully saturated rings. The molecule has 0 unspecified atom stereocenters.